The van der Waals surface area contributed by atoms with Gasteiger partial charge in [0.2, 0.25) is 11.8 Å². The van der Waals surface area contributed by atoms with Crippen molar-refractivity contribution in [3.63, 3.8) is 0 Å². The quantitative estimate of drug-likeness (QED) is 0.743. The molecular weight excluding hydrogens is 290 g/mol. The molecule has 2 atom stereocenters. The molecule has 0 aliphatic carbocycles. The van der Waals surface area contributed by atoms with Gasteiger partial charge in [0.1, 0.15) is 6.04 Å². The van der Waals surface area contributed by atoms with Crippen molar-refractivity contribution >= 4 is 23.4 Å². The van der Waals surface area contributed by atoms with Crippen LogP contribution in [0.25, 0.3) is 0 Å². The van der Waals surface area contributed by atoms with E-state index in [0.29, 0.717) is 11.6 Å². The molecule has 0 bridgehead atoms. The number of carbonyl (C=O) groups excluding carboxylic acids is 2. The van der Waals surface area contributed by atoms with Crippen molar-refractivity contribution in [1.82, 2.24) is 10.6 Å². The van der Waals surface area contributed by atoms with Crippen LogP contribution in [0.1, 0.15) is 26.3 Å². The maximum absolute atomic E-state index is 11.9. The van der Waals surface area contributed by atoms with Crippen LogP contribution in [-0.2, 0) is 16.1 Å². The fraction of sp³-hybridized carbons (Fsp3) is 0.467. The van der Waals surface area contributed by atoms with Crippen LogP contribution in [-0.4, -0.2) is 23.9 Å². The first kappa shape index (κ1) is 17.5. The average molecular weight is 312 g/mol. The molecule has 0 saturated carbocycles. The normalized spacial score (nSPS) is 13.6. The molecule has 1 aromatic carbocycles. The van der Waals surface area contributed by atoms with Crippen LogP contribution in [0, 0.1) is 5.92 Å². The first-order chi connectivity index (χ1) is 9.81. The van der Waals surface area contributed by atoms with Crippen LogP contribution < -0.4 is 16.4 Å². The lowest BCUT2D eigenvalue weighted by atomic mass is 10.0. The Morgan fingerprint density at radius 3 is 2.24 bits per heavy atom. The van der Waals surface area contributed by atoms with Crippen LogP contribution in [0.4, 0.5) is 0 Å². The Morgan fingerprint density at radius 1 is 1.14 bits per heavy atom. The molecule has 21 heavy (non-hydrogen) atoms. The summed E-state index contributed by atoms with van der Waals surface area (Å²) in [5, 5.41) is 6.01. The van der Waals surface area contributed by atoms with Gasteiger partial charge in [0.05, 0.1) is 6.04 Å². The molecule has 0 aromatic heterocycles. The minimum Gasteiger partial charge on any atom is -0.350 e. The minimum absolute atomic E-state index is 0.0225. The first-order valence-corrected chi connectivity index (χ1v) is 7.27. The molecule has 0 aliphatic heterocycles. The van der Waals surface area contributed by atoms with E-state index in [4.69, 9.17) is 17.3 Å². The van der Waals surface area contributed by atoms with E-state index >= 15 is 0 Å². The summed E-state index contributed by atoms with van der Waals surface area (Å²) < 4.78 is 0. The number of carbonyl (C=O) groups is 2. The maximum Gasteiger partial charge on any atom is 0.242 e. The van der Waals surface area contributed by atoms with E-state index in [1.54, 1.807) is 19.1 Å². The van der Waals surface area contributed by atoms with Gasteiger partial charge >= 0.3 is 0 Å². The molecule has 0 heterocycles. The van der Waals surface area contributed by atoms with Gasteiger partial charge in [-0.1, -0.05) is 37.6 Å². The summed E-state index contributed by atoms with van der Waals surface area (Å²) in [7, 11) is 0. The molecule has 5 nitrogen and oxygen atoms in total. The Kier molecular flexibility index (Phi) is 6.65. The lowest BCUT2D eigenvalue weighted by Crippen LogP contribution is -2.51. The Balaban J connectivity index is 2.44. The van der Waals surface area contributed by atoms with E-state index < -0.39 is 12.1 Å². The van der Waals surface area contributed by atoms with Gasteiger partial charge in [0.15, 0.2) is 0 Å². The second-order valence-corrected chi connectivity index (χ2v) is 5.78. The molecule has 0 saturated heterocycles. The number of rotatable bonds is 6. The number of hydrogen-bond acceptors (Lipinski definition) is 3. The molecule has 0 fully saturated rings. The van der Waals surface area contributed by atoms with E-state index in [2.05, 4.69) is 10.6 Å². The highest BCUT2D eigenvalue weighted by molar-refractivity contribution is 6.30. The molecule has 0 spiro atoms. The molecular formula is C15H22ClN3O2. The molecule has 0 aliphatic rings. The monoisotopic (exact) mass is 311 g/mol. The number of nitrogens with one attached hydrogen (secondary N) is 2. The lowest BCUT2D eigenvalue weighted by molar-refractivity contribution is -0.129. The van der Waals surface area contributed by atoms with E-state index in [9.17, 15) is 9.59 Å². The Morgan fingerprint density at radius 2 is 1.71 bits per heavy atom. The summed E-state index contributed by atoms with van der Waals surface area (Å²) in [6.45, 7) is 5.72. The van der Waals surface area contributed by atoms with Crippen LogP contribution in [0.15, 0.2) is 24.3 Å². The smallest absolute Gasteiger partial charge is 0.242 e. The molecule has 2 amide bonds. The SMILES string of the molecule is CC(C)[C@H](N)C(=O)N[C@@H](C)C(=O)NCc1ccc(Cl)cc1. The second-order valence-electron chi connectivity index (χ2n) is 5.34. The summed E-state index contributed by atoms with van der Waals surface area (Å²) in [6.07, 6.45) is 0. The number of benzene rings is 1. The highest BCUT2D eigenvalue weighted by Crippen LogP contribution is 2.09. The second kappa shape index (κ2) is 8.00. The van der Waals surface area contributed by atoms with E-state index in [-0.39, 0.29) is 17.7 Å². The van der Waals surface area contributed by atoms with Crippen molar-refractivity contribution in [2.45, 2.75) is 39.4 Å². The van der Waals surface area contributed by atoms with E-state index in [1.807, 2.05) is 26.0 Å². The Hall–Kier alpha value is -1.59. The van der Waals surface area contributed by atoms with Gasteiger partial charge in [-0.05, 0) is 30.5 Å². The molecule has 1 rings (SSSR count). The van der Waals surface area contributed by atoms with Crippen molar-refractivity contribution in [1.29, 1.82) is 0 Å². The van der Waals surface area contributed by atoms with Gasteiger partial charge < -0.3 is 16.4 Å². The maximum atomic E-state index is 11.9. The van der Waals surface area contributed by atoms with Crippen LogP contribution in [0.3, 0.4) is 0 Å². The van der Waals surface area contributed by atoms with Gasteiger partial charge in [0, 0.05) is 11.6 Å². The summed E-state index contributed by atoms with van der Waals surface area (Å²) in [4.78, 5) is 23.7. The van der Waals surface area contributed by atoms with Crippen molar-refractivity contribution in [2.24, 2.45) is 11.7 Å². The molecule has 6 heteroatoms. The van der Waals surface area contributed by atoms with Gasteiger partial charge in [0.25, 0.3) is 0 Å². The molecule has 0 radical (unpaired) electrons. The lowest BCUT2D eigenvalue weighted by Gasteiger charge is -2.19. The van der Waals surface area contributed by atoms with Gasteiger partial charge in [-0.15, -0.1) is 0 Å². The third-order valence-corrected chi connectivity index (χ3v) is 3.41. The number of nitrogens with two attached hydrogens (primary N) is 1. The van der Waals surface area contributed by atoms with E-state index in [0.717, 1.165) is 5.56 Å². The topological polar surface area (TPSA) is 84.2 Å². The van der Waals surface area contributed by atoms with Gasteiger partial charge in [-0.25, -0.2) is 0 Å². The zero-order valence-electron chi connectivity index (χ0n) is 12.5. The zero-order valence-corrected chi connectivity index (χ0v) is 13.3. The fourth-order valence-corrected chi connectivity index (χ4v) is 1.75. The van der Waals surface area contributed by atoms with Crippen molar-refractivity contribution in [2.75, 3.05) is 0 Å². The van der Waals surface area contributed by atoms with E-state index in [1.165, 1.54) is 0 Å². The Labute approximate surface area is 130 Å². The number of hydrogen-bond donors (Lipinski definition) is 3. The van der Waals surface area contributed by atoms with Crippen molar-refractivity contribution in [3.05, 3.63) is 34.9 Å². The number of halogens is 1. The summed E-state index contributed by atoms with van der Waals surface area (Å²) in [5.41, 5.74) is 6.67. The van der Waals surface area contributed by atoms with Gasteiger partial charge in [-0.2, -0.15) is 0 Å². The van der Waals surface area contributed by atoms with Crippen LogP contribution in [0.5, 0.6) is 0 Å². The number of amides is 2. The highest BCUT2D eigenvalue weighted by atomic mass is 35.5. The minimum atomic E-state index is -0.630. The molecule has 116 valence electrons. The third-order valence-electron chi connectivity index (χ3n) is 3.15. The highest BCUT2D eigenvalue weighted by Gasteiger charge is 2.21. The van der Waals surface area contributed by atoms with Gasteiger partial charge in [-0.3, -0.25) is 9.59 Å². The molecule has 0 unspecified atom stereocenters. The predicted octanol–water partition coefficient (Wildman–Crippen LogP) is 1.44. The Bertz CT molecular complexity index is 488. The third kappa shape index (κ3) is 5.73. The van der Waals surface area contributed by atoms with Crippen LogP contribution >= 0.6 is 11.6 Å². The predicted molar refractivity (Wildman–Crippen MR) is 83.7 cm³/mol. The van der Waals surface area contributed by atoms with Crippen LogP contribution in [0.2, 0.25) is 5.02 Å². The zero-order chi connectivity index (χ0) is 16.0. The average Bonchev–Trinajstić information content (AvgIpc) is 2.45. The standard InChI is InChI=1S/C15H22ClN3O2/c1-9(2)13(17)15(21)19-10(3)14(20)18-8-11-4-6-12(16)7-5-11/h4-7,9-10,13H,8,17H2,1-3H3,(H,18,20)(H,19,21)/t10-,13-/m0/s1. The summed E-state index contributed by atoms with van der Waals surface area (Å²) >= 11 is 5.79. The first-order valence-electron chi connectivity index (χ1n) is 6.89. The summed E-state index contributed by atoms with van der Waals surface area (Å²) in [5.74, 6) is -0.553. The van der Waals surface area contributed by atoms with Crippen molar-refractivity contribution < 1.29 is 9.59 Å². The summed E-state index contributed by atoms with van der Waals surface area (Å²) in [6, 6.07) is 5.94. The largest absolute Gasteiger partial charge is 0.350 e. The fourth-order valence-electron chi connectivity index (χ4n) is 1.62. The molecule has 4 N–H and O–H groups in total. The van der Waals surface area contributed by atoms with Crippen molar-refractivity contribution in [3.8, 4) is 0 Å². The molecule has 1 aromatic rings.